The van der Waals surface area contributed by atoms with Crippen LogP contribution in [0.25, 0.3) is 0 Å². The molecule has 0 aromatic carbocycles. The Morgan fingerprint density at radius 2 is 1.93 bits per heavy atom. The van der Waals surface area contributed by atoms with Crippen LogP contribution >= 0.6 is 22.9 Å². The van der Waals surface area contributed by atoms with Crippen molar-refractivity contribution in [3.63, 3.8) is 0 Å². The molecule has 2 amide bonds. The first-order chi connectivity index (χ1) is 14.0. The van der Waals surface area contributed by atoms with Crippen molar-refractivity contribution in [2.75, 3.05) is 13.1 Å². The van der Waals surface area contributed by atoms with Gasteiger partial charge in [-0.1, -0.05) is 11.6 Å². The van der Waals surface area contributed by atoms with Crippen molar-refractivity contribution < 1.29 is 14.3 Å². The van der Waals surface area contributed by atoms with Gasteiger partial charge in [0.05, 0.1) is 14.9 Å². The molecule has 1 atom stereocenters. The van der Waals surface area contributed by atoms with Gasteiger partial charge in [-0.15, -0.1) is 11.3 Å². The number of rotatable bonds is 5. The number of piperidine rings is 1. The van der Waals surface area contributed by atoms with E-state index in [-0.39, 0.29) is 18.0 Å². The van der Waals surface area contributed by atoms with E-state index in [0.29, 0.717) is 45.6 Å². The van der Waals surface area contributed by atoms with Gasteiger partial charge in [0.2, 0.25) is 0 Å². The largest absolute Gasteiger partial charge is 0.415 e. The summed E-state index contributed by atoms with van der Waals surface area (Å²) in [4.78, 5) is 31.6. The number of hydrogen-bond donors (Lipinski definition) is 1. The summed E-state index contributed by atoms with van der Waals surface area (Å²) in [5.74, 6) is 1.35. The maximum absolute atomic E-state index is 12.6. The fourth-order valence-corrected chi connectivity index (χ4v) is 4.86. The zero-order chi connectivity index (χ0) is 20.4. The van der Waals surface area contributed by atoms with E-state index in [4.69, 9.17) is 16.3 Å². The van der Waals surface area contributed by atoms with Crippen LogP contribution in [0.1, 0.15) is 41.0 Å². The maximum Gasteiger partial charge on any atom is 0.415 e. The Hall–Kier alpha value is -2.12. The maximum atomic E-state index is 12.6. The molecular formula is C21H24ClN3O3S. The number of pyridine rings is 1. The fraction of sp³-hybridized carbons (Fsp3) is 0.476. The van der Waals surface area contributed by atoms with Gasteiger partial charge in [0, 0.05) is 25.3 Å². The van der Waals surface area contributed by atoms with Crippen LogP contribution in [0.2, 0.25) is 4.34 Å². The summed E-state index contributed by atoms with van der Waals surface area (Å²) in [6, 6.07) is 7.18. The average Bonchev–Trinajstić information content (AvgIpc) is 3.47. The molecule has 1 N–H and O–H groups in total. The van der Waals surface area contributed by atoms with Crippen LogP contribution in [0.3, 0.4) is 0 Å². The van der Waals surface area contributed by atoms with Crippen molar-refractivity contribution in [1.82, 2.24) is 15.2 Å². The van der Waals surface area contributed by atoms with Gasteiger partial charge in [0.25, 0.3) is 5.91 Å². The summed E-state index contributed by atoms with van der Waals surface area (Å²) in [7, 11) is 0. The minimum Gasteiger partial charge on any atom is -0.408 e. The van der Waals surface area contributed by atoms with E-state index in [1.54, 1.807) is 35.4 Å². The van der Waals surface area contributed by atoms with Crippen molar-refractivity contribution in [1.29, 1.82) is 0 Å². The van der Waals surface area contributed by atoms with Gasteiger partial charge in [-0.2, -0.15) is 0 Å². The van der Waals surface area contributed by atoms with E-state index in [1.807, 2.05) is 6.92 Å². The number of thiophene rings is 1. The molecule has 1 saturated heterocycles. The van der Waals surface area contributed by atoms with Gasteiger partial charge >= 0.3 is 6.09 Å². The summed E-state index contributed by atoms with van der Waals surface area (Å²) in [6.45, 7) is 3.08. The Labute approximate surface area is 179 Å². The Kier molecular flexibility index (Phi) is 6.06. The number of ether oxygens (including phenoxy) is 1. The molecule has 154 valence electrons. The second kappa shape index (κ2) is 8.71. The zero-order valence-corrected chi connectivity index (χ0v) is 17.8. The summed E-state index contributed by atoms with van der Waals surface area (Å²) < 4.78 is 6.13. The average molecular weight is 434 g/mol. The summed E-state index contributed by atoms with van der Waals surface area (Å²) in [5.41, 5.74) is 0.695. The topological polar surface area (TPSA) is 71.5 Å². The molecule has 2 aromatic rings. The summed E-state index contributed by atoms with van der Waals surface area (Å²) in [5, 5.41) is 3.24. The number of halogens is 1. The van der Waals surface area contributed by atoms with Gasteiger partial charge in [0.1, 0.15) is 0 Å². The normalized spacial score (nSPS) is 18.3. The molecule has 6 nitrogen and oxygen atoms in total. The monoisotopic (exact) mass is 433 g/mol. The van der Waals surface area contributed by atoms with Gasteiger partial charge in [-0.25, -0.2) is 4.79 Å². The van der Waals surface area contributed by atoms with Crippen molar-refractivity contribution in [3.05, 3.63) is 45.4 Å². The minimum atomic E-state index is -0.334. The number of carbonyl (C=O) groups excluding carboxylic acids is 2. The standard InChI is InChI=1S/C21H24ClN3O3S/c1-13-16(3-2-10-23-13)28-21(27)25-11-8-15(9-12-25)19(14-4-5-14)24-20(26)17-6-7-18(22)29-17/h2-3,6-7,10,14-15,19H,4-5,8-9,11-12H2,1H3,(H,24,26)/t19-/m1/s1. The van der Waals surface area contributed by atoms with E-state index in [0.717, 1.165) is 25.7 Å². The third kappa shape index (κ3) is 4.90. The van der Waals surface area contributed by atoms with E-state index >= 15 is 0 Å². The number of aromatic nitrogens is 1. The first kappa shape index (κ1) is 20.2. The number of hydrogen-bond acceptors (Lipinski definition) is 5. The van der Waals surface area contributed by atoms with Gasteiger partial charge < -0.3 is 15.0 Å². The van der Waals surface area contributed by atoms with Gasteiger partial charge in [0.15, 0.2) is 5.75 Å². The number of aryl methyl sites for hydroxylation is 1. The molecule has 0 bridgehead atoms. The highest BCUT2D eigenvalue weighted by Gasteiger charge is 2.39. The second-order valence-corrected chi connectivity index (χ2v) is 9.43. The first-order valence-corrected chi connectivity index (χ1v) is 11.2. The molecule has 29 heavy (non-hydrogen) atoms. The molecule has 1 aliphatic heterocycles. The smallest absolute Gasteiger partial charge is 0.408 e. The van der Waals surface area contributed by atoms with E-state index < -0.39 is 0 Å². The third-order valence-corrected chi connectivity index (χ3v) is 6.92. The lowest BCUT2D eigenvalue weighted by Crippen LogP contribution is -2.48. The van der Waals surface area contributed by atoms with Crippen molar-refractivity contribution in [2.24, 2.45) is 11.8 Å². The lowest BCUT2D eigenvalue weighted by Gasteiger charge is -2.36. The van der Waals surface area contributed by atoms with E-state index in [2.05, 4.69) is 10.3 Å². The van der Waals surface area contributed by atoms with E-state index in [9.17, 15) is 9.59 Å². The van der Waals surface area contributed by atoms with Crippen molar-refractivity contribution >= 4 is 34.9 Å². The van der Waals surface area contributed by atoms with Crippen molar-refractivity contribution in [2.45, 2.75) is 38.6 Å². The molecule has 0 unspecified atom stereocenters. The highest BCUT2D eigenvalue weighted by atomic mass is 35.5. The predicted octanol–water partition coefficient (Wildman–Crippen LogP) is 4.52. The summed E-state index contributed by atoms with van der Waals surface area (Å²) in [6.07, 6.45) is 5.35. The Morgan fingerprint density at radius 1 is 1.21 bits per heavy atom. The molecule has 1 saturated carbocycles. The number of amides is 2. The molecule has 8 heteroatoms. The fourth-order valence-electron chi connectivity index (χ4n) is 3.91. The molecule has 0 spiro atoms. The molecule has 2 aromatic heterocycles. The molecule has 3 heterocycles. The SMILES string of the molecule is Cc1ncccc1OC(=O)N1CCC([C@H](NC(=O)c2ccc(Cl)s2)C2CC2)CC1. The molecule has 1 aliphatic carbocycles. The first-order valence-electron chi connectivity index (χ1n) is 9.96. The Morgan fingerprint density at radius 3 is 2.55 bits per heavy atom. The van der Waals surface area contributed by atoms with Crippen LogP contribution in [0.5, 0.6) is 5.75 Å². The Bertz CT molecular complexity index is 891. The Balaban J connectivity index is 1.33. The van der Waals surface area contributed by atoms with Crippen LogP contribution in [-0.4, -0.2) is 41.0 Å². The number of nitrogens with one attached hydrogen (secondary N) is 1. The van der Waals surface area contributed by atoms with Crippen LogP contribution in [0.4, 0.5) is 4.79 Å². The van der Waals surface area contributed by atoms with Crippen LogP contribution in [0, 0.1) is 18.8 Å². The minimum absolute atomic E-state index is 0.0484. The molecule has 2 fully saturated rings. The lowest BCUT2D eigenvalue weighted by atomic mass is 9.86. The molecule has 2 aliphatic rings. The molecular weight excluding hydrogens is 410 g/mol. The number of likely N-dealkylation sites (tertiary alicyclic amines) is 1. The molecule has 4 rings (SSSR count). The van der Waals surface area contributed by atoms with Crippen LogP contribution < -0.4 is 10.1 Å². The van der Waals surface area contributed by atoms with Crippen molar-refractivity contribution in [3.8, 4) is 5.75 Å². The second-order valence-electron chi connectivity index (χ2n) is 7.72. The van der Waals surface area contributed by atoms with Gasteiger partial charge in [-0.3, -0.25) is 9.78 Å². The molecule has 0 radical (unpaired) electrons. The third-order valence-electron chi connectivity index (χ3n) is 5.69. The predicted molar refractivity (Wildman–Crippen MR) is 113 cm³/mol. The van der Waals surface area contributed by atoms with E-state index in [1.165, 1.54) is 11.3 Å². The number of carbonyl (C=O) groups is 2. The summed E-state index contributed by atoms with van der Waals surface area (Å²) >= 11 is 7.27. The highest BCUT2D eigenvalue weighted by Crippen LogP contribution is 2.39. The lowest BCUT2D eigenvalue weighted by molar-refractivity contribution is 0.0874. The highest BCUT2D eigenvalue weighted by molar-refractivity contribution is 7.18. The zero-order valence-electron chi connectivity index (χ0n) is 16.3. The van der Waals surface area contributed by atoms with Gasteiger partial charge in [-0.05, 0) is 68.7 Å². The quantitative estimate of drug-likeness (QED) is 0.752. The number of nitrogens with zero attached hydrogens (tertiary/aromatic N) is 2. The van der Waals surface area contributed by atoms with Crippen LogP contribution in [-0.2, 0) is 0 Å². The van der Waals surface area contributed by atoms with Crippen LogP contribution in [0.15, 0.2) is 30.5 Å².